The molecule has 4 aromatic rings. The molecule has 7 heteroatoms. The molecular weight excluding hydrogens is 392 g/mol. The van der Waals surface area contributed by atoms with Gasteiger partial charge in [-0.15, -0.1) is 0 Å². The van der Waals surface area contributed by atoms with E-state index in [1.165, 1.54) is 0 Å². The summed E-state index contributed by atoms with van der Waals surface area (Å²) in [5, 5.41) is 11.0. The number of aromatic amines is 1. The van der Waals surface area contributed by atoms with Gasteiger partial charge in [0.1, 0.15) is 5.75 Å². The highest BCUT2D eigenvalue weighted by atomic mass is 16.3. The first-order valence-electron chi connectivity index (χ1n) is 10.3. The van der Waals surface area contributed by atoms with Crippen LogP contribution < -0.4 is 0 Å². The fourth-order valence-electron chi connectivity index (χ4n) is 4.55. The third-order valence-corrected chi connectivity index (χ3v) is 5.95. The molecule has 1 aliphatic rings. The number of para-hydroxylation sites is 1. The van der Waals surface area contributed by atoms with Gasteiger partial charge in [-0.05, 0) is 30.2 Å². The van der Waals surface area contributed by atoms with Crippen molar-refractivity contribution >= 4 is 22.6 Å². The lowest BCUT2D eigenvalue weighted by Crippen LogP contribution is -2.31. The number of aromatic nitrogens is 3. The molecule has 3 heterocycles. The molecule has 0 saturated carbocycles. The minimum atomic E-state index is -0.674. The van der Waals surface area contributed by atoms with Gasteiger partial charge in [0.2, 0.25) is 5.78 Å². The van der Waals surface area contributed by atoms with Crippen LogP contribution in [-0.2, 0) is 16.1 Å². The minimum absolute atomic E-state index is 0.0778. The fourth-order valence-corrected chi connectivity index (χ4v) is 4.55. The average molecular weight is 414 g/mol. The number of ketones is 1. The van der Waals surface area contributed by atoms with Gasteiger partial charge >= 0.3 is 0 Å². The number of rotatable bonds is 6. The van der Waals surface area contributed by atoms with Gasteiger partial charge in [-0.2, -0.15) is 0 Å². The van der Waals surface area contributed by atoms with Crippen molar-refractivity contribution < 1.29 is 14.7 Å². The van der Waals surface area contributed by atoms with Gasteiger partial charge in [-0.1, -0.05) is 30.3 Å². The molecule has 7 nitrogen and oxygen atoms in total. The van der Waals surface area contributed by atoms with Crippen LogP contribution in [0.4, 0.5) is 0 Å². The van der Waals surface area contributed by atoms with Gasteiger partial charge in [0.25, 0.3) is 5.91 Å². The average Bonchev–Trinajstić information content (AvgIpc) is 3.49. The number of fused-ring (bicyclic) bond motifs is 1. The Bertz CT molecular complexity index is 1240. The third kappa shape index (κ3) is 3.38. The molecule has 31 heavy (non-hydrogen) atoms. The Morgan fingerprint density at radius 1 is 1.06 bits per heavy atom. The zero-order chi connectivity index (χ0) is 21.4. The van der Waals surface area contributed by atoms with E-state index in [1.54, 1.807) is 41.7 Å². The number of benzene rings is 2. The number of carbonyl (C=O) groups excluding carboxylic acids is 2. The third-order valence-electron chi connectivity index (χ3n) is 5.95. The van der Waals surface area contributed by atoms with Crippen LogP contribution in [0.5, 0.6) is 5.75 Å². The maximum absolute atomic E-state index is 13.2. The maximum atomic E-state index is 13.2. The zero-order valence-corrected chi connectivity index (χ0v) is 16.8. The smallest absolute Gasteiger partial charge is 0.291 e. The van der Waals surface area contributed by atoms with Crippen molar-refractivity contribution in [3.63, 3.8) is 0 Å². The molecule has 1 aliphatic heterocycles. The molecule has 2 atom stereocenters. The van der Waals surface area contributed by atoms with E-state index in [0.29, 0.717) is 25.1 Å². The standard InChI is InChI=1S/C24H22N4O3/c29-17-6-3-5-16(13-17)21-22(19-14-26-20-8-2-1-7-18(19)20)28(24(31)23(21)30)11-4-10-27-12-9-25-15-27/h1-3,5-9,12-15,21-22,26,29H,4,10-11H2. The van der Waals surface area contributed by atoms with E-state index >= 15 is 0 Å². The second-order valence-corrected chi connectivity index (χ2v) is 7.82. The first-order valence-corrected chi connectivity index (χ1v) is 10.3. The molecule has 2 aromatic carbocycles. The number of likely N-dealkylation sites (tertiary alicyclic amines) is 1. The fraction of sp³-hybridized carbons (Fsp3) is 0.208. The molecule has 2 N–H and O–H groups in total. The molecule has 0 aliphatic carbocycles. The van der Waals surface area contributed by atoms with Crippen molar-refractivity contribution in [1.29, 1.82) is 0 Å². The lowest BCUT2D eigenvalue weighted by molar-refractivity contribution is -0.140. The van der Waals surface area contributed by atoms with Crippen molar-refractivity contribution in [3.05, 3.63) is 84.6 Å². The molecule has 5 rings (SSSR count). The number of phenols is 1. The molecule has 0 bridgehead atoms. The van der Waals surface area contributed by atoms with E-state index in [9.17, 15) is 14.7 Å². The number of phenolic OH excluding ortho intramolecular Hbond substituents is 1. The number of nitrogens with zero attached hydrogens (tertiary/aromatic N) is 3. The quantitative estimate of drug-likeness (QED) is 0.473. The number of hydrogen-bond donors (Lipinski definition) is 2. The molecule has 0 spiro atoms. The van der Waals surface area contributed by atoms with Gasteiger partial charge in [0.05, 0.1) is 18.3 Å². The molecule has 0 radical (unpaired) electrons. The van der Waals surface area contributed by atoms with E-state index in [1.807, 2.05) is 41.2 Å². The molecule has 156 valence electrons. The van der Waals surface area contributed by atoms with Gasteiger partial charge in [0, 0.05) is 48.1 Å². The topological polar surface area (TPSA) is 91.2 Å². The second-order valence-electron chi connectivity index (χ2n) is 7.82. The molecule has 2 aromatic heterocycles. The monoisotopic (exact) mass is 414 g/mol. The summed E-state index contributed by atoms with van der Waals surface area (Å²) in [6, 6.07) is 14.1. The Kier molecular flexibility index (Phi) is 4.78. The summed E-state index contributed by atoms with van der Waals surface area (Å²) in [6.07, 6.45) is 7.92. The summed E-state index contributed by atoms with van der Waals surface area (Å²) >= 11 is 0. The highest BCUT2D eigenvalue weighted by Crippen LogP contribution is 2.45. The van der Waals surface area contributed by atoms with Crippen molar-refractivity contribution in [2.24, 2.45) is 0 Å². The van der Waals surface area contributed by atoms with Crippen LogP contribution in [0.25, 0.3) is 10.9 Å². The Labute approximate surface area is 179 Å². The number of H-pyrrole nitrogens is 1. The number of aromatic hydroxyl groups is 1. The Hall–Kier alpha value is -3.87. The summed E-state index contributed by atoms with van der Waals surface area (Å²) in [6.45, 7) is 1.15. The van der Waals surface area contributed by atoms with E-state index in [4.69, 9.17) is 0 Å². The SMILES string of the molecule is O=C1C(=O)N(CCCn2ccnc2)C(c2c[nH]c3ccccc23)C1c1cccc(O)c1. The number of aryl methyl sites for hydroxylation is 1. The Morgan fingerprint density at radius 2 is 1.94 bits per heavy atom. The predicted octanol–water partition coefficient (Wildman–Crippen LogP) is 3.40. The number of nitrogens with one attached hydrogen (secondary N) is 1. The van der Waals surface area contributed by atoms with Crippen molar-refractivity contribution in [3.8, 4) is 5.75 Å². The summed E-state index contributed by atoms with van der Waals surface area (Å²) in [5.41, 5.74) is 2.51. The molecule has 1 fully saturated rings. The molecule has 1 saturated heterocycles. The van der Waals surface area contributed by atoms with Crippen molar-refractivity contribution in [2.75, 3.05) is 6.54 Å². The van der Waals surface area contributed by atoms with Gasteiger partial charge in [-0.3, -0.25) is 9.59 Å². The van der Waals surface area contributed by atoms with Crippen LogP contribution in [0, 0.1) is 0 Å². The number of amides is 1. The number of Topliss-reactive ketones (excluding diaryl/α,β-unsaturated/α-hetero) is 1. The van der Waals surface area contributed by atoms with Crippen LogP contribution in [0.15, 0.2) is 73.4 Å². The van der Waals surface area contributed by atoms with Crippen LogP contribution in [0.2, 0.25) is 0 Å². The lowest BCUT2D eigenvalue weighted by Gasteiger charge is -2.27. The Morgan fingerprint density at radius 3 is 2.74 bits per heavy atom. The van der Waals surface area contributed by atoms with E-state index in [0.717, 1.165) is 16.5 Å². The summed E-state index contributed by atoms with van der Waals surface area (Å²) in [5.74, 6) is -1.51. The Balaban J connectivity index is 1.55. The van der Waals surface area contributed by atoms with Crippen LogP contribution in [0.3, 0.4) is 0 Å². The van der Waals surface area contributed by atoms with E-state index in [2.05, 4.69) is 9.97 Å². The highest BCUT2D eigenvalue weighted by molar-refractivity contribution is 6.40. The van der Waals surface area contributed by atoms with Gasteiger partial charge in [-0.25, -0.2) is 4.98 Å². The largest absolute Gasteiger partial charge is 0.508 e. The van der Waals surface area contributed by atoms with Crippen molar-refractivity contribution in [1.82, 2.24) is 19.4 Å². The molecular formula is C24H22N4O3. The van der Waals surface area contributed by atoms with Crippen LogP contribution in [-0.4, -0.2) is 42.8 Å². The lowest BCUT2D eigenvalue weighted by atomic mass is 9.86. The van der Waals surface area contributed by atoms with Gasteiger partial charge < -0.3 is 19.6 Å². The molecule has 2 unspecified atom stereocenters. The predicted molar refractivity (Wildman–Crippen MR) is 115 cm³/mol. The van der Waals surface area contributed by atoms with E-state index < -0.39 is 23.7 Å². The van der Waals surface area contributed by atoms with Crippen molar-refractivity contribution in [2.45, 2.75) is 24.9 Å². The second kappa shape index (κ2) is 7.75. The highest BCUT2D eigenvalue weighted by Gasteiger charge is 2.49. The number of carbonyl (C=O) groups is 2. The first kappa shape index (κ1) is 19.1. The van der Waals surface area contributed by atoms with Crippen LogP contribution in [0.1, 0.15) is 29.5 Å². The zero-order valence-electron chi connectivity index (χ0n) is 16.8. The van der Waals surface area contributed by atoms with Crippen LogP contribution >= 0.6 is 0 Å². The normalized spacial score (nSPS) is 18.9. The molecule has 1 amide bonds. The minimum Gasteiger partial charge on any atom is -0.508 e. The maximum Gasteiger partial charge on any atom is 0.291 e. The number of imidazole rings is 1. The van der Waals surface area contributed by atoms with Gasteiger partial charge in [0.15, 0.2) is 0 Å². The first-order chi connectivity index (χ1) is 15.1. The summed E-state index contributed by atoms with van der Waals surface area (Å²) in [4.78, 5) is 35.3. The number of hydrogen-bond acceptors (Lipinski definition) is 4. The summed E-state index contributed by atoms with van der Waals surface area (Å²) < 4.78 is 1.95. The summed E-state index contributed by atoms with van der Waals surface area (Å²) in [7, 11) is 0. The van der Waals surface area contributed by atoms with E-state index in [-0.39, 0.29) is 5.75 Å².